The van der Waals surface area contributed by atoms with E-state index in [-0.39, 0.29) is 10.8 Å². The number of rotatable bonds is 1. The number of nitrogens with zero attached hydrogens (tertiary/aromatic N) is 2. The van der Waals surface area contributed by atoms with E-state index in [0.29, 0.717) is 5.65 Å². The molecular weight excluding hydrogens is 283 g/mol. The Bertz CT molecular complexity index is 565. The van der Waals surface area contributed by atoms with Gasteiger partial charge in [0.15, 0.2) is 5.69 Å². The molecule has 0 unspecified atom stereocenters. The first kappa shape index (κ1) is 10.4. The van der Waals surface area contributed by atoms with Crippen LogP contribution in [0, 0.1) is 6.92 Å². The number of carboxylic acid groups (broad SMARTS) is 1. The van der Waals surface area contributed by atoms with E-state index in [4.69, 9.17) is 16.7 Å². The van der Waals surface area contributed by atoms with Crippen molar-refractivity contribution in [2.24, 2.45) is 0 Å². The number of halogens is 2. The fourth-order valence-electron chi connectivity index (χ4n) is 1.36. The lowest BCUT2D eigenvalue weighted by Gasteiger charge is -2.02. The molecule has 2 heterocycles. The third-order valence-electron chi connectivity index (χ3n) is 2.11. The highest BCUT2D eigenvalue weighted by molar-refractivity contribution is 9.10. The highest BCUT2D eigenvalue weighted by Gasteiger charge is 2.17. The van der Waals surface area contributed by atoms with Gasteiger partial charge in [0.1, 0.15) is 10.8 Å². The number of carboxylic acids is 1. The Kier molecular flexibility index (Phi) is 2.44. The van der Waals surface area contributed by atoms with Gasteiger partial charge in [-0.15, -0.1) is 0 Å². The molecular formula is C9H6BrClN2O2. The summed E-state index contributed by atoms with van der Waals surface area (Å²) in [5.41, 5.74) is 1.22. The zero-order chi connectivity index (χ0) is 11.2. The number of fused-ring (bicyclic) bond motifs is 1. The number of aromatic nitrogens is 2. The molecule has 2 aromatic heterocycles. The maximum Gasteiger partial charge on any atom is 0.357 e. The van der Waals surface area contributed by atoms with Gasteiger partial charge < -0.3 is 5.11 Å². The van der Waals surface area contributed by atoms with E-state index >= 15 is 0 Å². The summed E-state index contributed by atoms with van der Waals surface area (Å²) in [6.07, 6.45) is 0. The molecule has 78 valence electrons. The first-order valence-corrected chi connectivity index (χ1v) is 5.26. The van der Waals surface area contributed by atoms with Gasteiger partial charge in [-0.2, -0.15) is 0 Å². The molecule has 0 saturated carbocycles. The van der Waals surface area contributed by atoms with E-state index in [1.807, 2.05) is 6.92 Å². The van der Waals surface area contributed by atoms with Crippen LogP contribution in [0.5, 0.6) is 0 Å². The lowest BCUT2D eigenvalue weighted by Crippen LogP contribution is -1.97. The molecule has 2 aromatic rings. The Morgan fingerprint density at radius 3 is 2.87 bits per heavy atom. The number of imidazole rings is 1. The van der Waals surface area contributed by atoms with Crippen molar-refractivity contribution in [3.63, 3.8) is 0 Å². The van der Waals surface area contributed by atoms with Gasteiger partial charge in [0.2, 0.25) is 0 Å². The van der Waals surface area contributed by atoms with Gasteiger partial charge in [0, 0.05) is 10.2 Å². The van der Waals surface area contributed by atoms with E-state index in [2.05, 4.69) is 20.9 Å². The van der Waals surface area contributed by atoms with Crippen LogP contribution in [0.2, 0.25) is 5.15 Å². The summed E-state index contributed by atoms with van der Waals surface area (Å²) in [6.45, 7) is 1.83. The van der Waals surface area contributed by atoms with E-state index in [0.717, 1.165) is 10.2 Å². The van der Waals surface area contributed by atoms with Crippen LogP contribution in [0.3, 0.4) is 0 Å². The van der Waals surface area contributed by atoms with Crippen LogP contribution in [0.1, 0.15) is 16.2 Å². The second kappa shape index (κ2) is 3.50. The van der Waals surface area contributed by atoms with Crippen molar-refractivity contribution >= 4 is 39.1 Å². The quantitative estimate of drug-likeness (QED) is 0.878. The average molecular weight is 290 g/mol. The summed E-state index contributed by atoms with van der Waals surface area (Å²) >= 11 is 9.27. The molecule has 0 aliphatic heterocycles. The number of carbonyl (C=O) groups is 1. The van der Waals surface area contributed by atoms with Crippen molar-refractivity contribution in [1.82, 2.24) is 9.38 Å². The van der Waals surface area contributed by atoms with Gasteiger partial charge in [-0.3, -0.25) is 4.40 Å². The van der Waals surface area contributed by atoms with Crippen LogP contribution in [-0.2, 0) is 0 Å². The third-order valence-corrected chi connectivity index (χ3v) is 3.30. The first-order valence-electron chi connectivity index (χ1n) is 4.08. The van der Waals surface area contributed by atoms with E-state index in [1.165, 1.54) is 0 Å². The van der Waals surface area contributed by atoms with Crippen LogP contribution in [0.4, 0.5) is 0 Å². The van der Waals surface area contributed by atoms with Gasteiger partial charge in [0.25, 0.3) is 0 Å². The fraction of sp³-hybridized carbons (Fsp3) is 0.111. The Morgan fingerprint density at radius 1 is 1.60 bits per heavy atom. The predicted molar refractivity (Wildman–Crippen MR) is 59.6 cm³/mol. The Morgan fingerprint density at radius 2 is 2.27 bits per heavy atom. The second-order valence-electron chi connectivity index (χ2n) is 3.02. The van der Waals surface area contributed by atoms with Crippen molar-refractivity contribution in [1.29, 1.82) is 0 Å². The smallest absolute Gasteiger partial charge is 0.357 e. The van der Waals surface area contributed by atoms with Crippen LogP contribution in [0.15, 0.2) is 16.6 Å². The lowest BCUT2D eigenvalue weighted by atomic mass is 10.4. The van der Waals surface area contributed by atoms with Gasteiger partial charge in [0.05, 0.1) is 0 Å². The molecule has 0 spiro atoms. The number of aryl methyl sites for hydroxylation is 1. The molecule has 0 saturated heterocycles. The van der Waals surface area contributed by atoms with Crippen molar-refractivity contribution in [2.75, 3.05) is 0 Å². The molecule has 2 rings (SSSR count). The summed E-state index contributed by atoms with van der Waals surface area (Å²) in [5, 5.41) is 8.98. The number of hydrogen-bond acceptors (Lipinski definition) is 2. The summed E-state index contributed by atoms with van der Waals surface area (Å²) in [7, 11) is 0. The minimum absolute atomic E-state index is 0.122. The molecule has 6 heteroatoms. The fourth-order valence-corrected chi connectivity index (χ4v) is 2.01. The molecule has 4 nitrogen and oxygen atoms in total. The second-order valence-corrected chi connectivity index (χ2v) is 4.23. The van der Waals surface area contributed by atoms with Crippen molar-refractivity contribution in [3.05, 3.63) is 33.1 Å². The van der Waals surface area contributed by atoms with Crippen LogP contribution in [-0.4, -0.2) is 20.5 Å². The predicted octanol–water partition coefficient (Wildman–Crippen LogP) is 2.76. The Balaban J connectivity index is 2.89. The highest BCUT2D eigenvalue weighted by atomic mass is 79.9. The maximum atomic E-state index is 10.8. The standard InChI is InChI=1S/C9H6BrClN2O2/c1-4-5(10)2-3-6-12-7(9(14)15)8(11)13(4)6/h2-3H,1H3,(H,14,15). The number of hydrogen-bond donors (Lipinski definition) is 1. The summed E-state index contributed by atoms with van der Waals surface area (Å²) in [6, 6.07) is 3.51. The molecule has 0 aliphatic carbocycles. The van der Waals surface area contributed by atoms with Crippen molar-refractivity contribution < 1.29 is 9.90 Å². The molecule has 0 amide bonds. The van der Waals surface area contributed by atoms with E-state index in [9.17, 15) is 4.79 Å². The minimum Gasteiger partial charge on any atom is -0.476 e. The zero-order valence-corrected chi connectivity index (χ0v) is 10.0. The molecule has 1 N–H and O–H groups in total. The van der Waals surface area contributed by atoms with Crippen molar-refractivity contribution in [2.45, 2.75) is 6.92 Å². The van der Waals surface area contributed by atoms with E-state index < -0.39 is 5.97 Å². The highest BCUT2D eigenvalue weighted by Crippen LogP contribution is 2.24. The van der Waals surface area contributed by atoms with Gasteiger partial charge in [-0.05, 0) is 35.0 Å². The molecule has 0 aromatic carbocycles. The van der Waals surface area contributed by atoms with E-state index in [1.54, 1.807) is 16.5 Å². The van der Waals surface area contributed by atoms with Gasteiger partial charge in [-0.25, -0.2) is 9.78 Å². The monoisotopic (exact) mass is 288 g/mol. The largest absolute Gasteiger partial charge is 0.476 e. The van der Waals surface area contributed by atoms with Crippen LogP contribution in [0.25, 0.3) is 5.65 Å². The summed E-state index contributed by atoms with van der Waals surface area (Å²) < 4.78 is 2.45. The molecule has 0 radical (unpaired) electrons. The number of aromatic carboxylic acids is 1. The normalized spacial score (nSPS) is 10.9. The minimum atomic E-state index is -1.13. The molecule has 0 fully saturated rings. The van der Waals surface area contributed by atoms with Crippen LogP contribution >= 0.6 is 27.5 Å². The maximum absolute atomic E-state index is 10.8. The molecule has 0 bridgehead atoms. The average Bonchev–Trinajstić information content (AvgIpc) is 2.50. The molecule has 0 aliphatic rings. The lowest BCUT2D eigenvalue weighted by molar-refractivity contribution is 0.0691. The molecule has 15 heavy (non-hydrogen) atoms. The summed E-state index contributed by atoms with van der Waals surface area (Å²) in [5.74, 6) is -1.13. The van der Waals surface area contributed by atoms with Gasteiger partial charge >= 0.3 is 5.97 Å². The first-order chi connectivity index (χ1) is 7.02. The number of pyridine rings is 1. The Labute approximate surface area is 98.6 Å². The van der Waals surface area contributed by atoms with Crippen LogP contribution < -0.4 is 0 Å². The van der Waals surface area contributed by atoms with Gasteiger partial charge in [-0.1, -0.05) is 11.6 Å². The topological polar surface area (TPSA) is 54.6 Å². The Hall–Kier alpha value is -1.07. The third kappa shape index (κ3) is 1.52. The summed E-state index contributed by atoms with van der Waals surface area (Å²) in [4.78, 5) is 14.7. The zero-order valence-electron chi connectivity index (χ0n) is 7.66. The molecule has 0 atom stereocenters. The SMILES string of the molecule is Cc1c(Br)ccc2nc(C(=O)O)c(Cl)n12. The van der Waals surface area contributed by atoms with Crippen molar-refractivity contribution in [3.8, 4) is 0 Å².